The molecule has 1 aromatic carbocycles. The Hall–Kier alpha value is -1.68. The van der Waals surface area contributed by atoms with Crippen LogP contribution in [-0.2, 0) is 0 Å². The number of pyridine rings is 1. The molecule has 98 valence electrons. The molecule has 0 fully saturated rings. The quantitative estimate of drug-likeness (QED) is 0.629. The summed E-state index contributed by atoms with van der Waals surface area (Å²) in [6.45, 7) is 2.02. The van der Waals surface area contributed by atoms with Crippen LogP contribution in [0.4, 0.5) is 5.69 Å². The van der Waals surface area contributed by atoms with E-state index in [2.05, 4.69) is 50.2 Å². The SMILES string of the molecule is Cc1c(Br)ccc[n+]1N=Cc1ccc(N(C)C)cc1. The molecule has 0 saturated carbocycles. The Balaban J connectivity index is 2.20. The molecule has 1 heterocycles. The Morgan fingerprint density at radius 1 is 1.16 bits per heavy atom. The average molecular weight is 319 g/mol. The first-order chi connectivity index (χ1) is 9.08. The zero-order chi connectivity index (χ0) is 13.8. The second kappa shape index (κ2) is 5.97. The Morgan fingerprint density at radius 2 is 1.84 bits per heavy atom. The van der Waals surface area contributed by atoms with Crippen LogP contribution >= 0.6 is 15.9 Å². The normalized spacial score (nSPS) is 10.9. The standard InChI is InChI=1S/C15H17BrN3/c1-12-15(16)5-4-10-19(12)17-11-13-6-8-14(9-7-13)18(2)3/h4-11H,1-3H3/q+1. The molecule has 0 saturated heterocycles. The van der Waals surface area contributed by atoms with Crippen molar-refractivity contribution in [2.75, 3.05) is 19.0 Å². The Kier molecular flexibility index (Phi) is 4.32. The minimum absolute atomic E-state index is 1.05. The Bertz CT molecular complexity index is 589. The van der Waals surface area contributed by atoms with Crippen LogP contribution in [0.2, 0.25) is 0 Å². The summed E-state index contributed by atoms with van der Waals surface area (Å²) in [4.78, 5) is 2.08. The first kappa shape index (κ1) is 13.7. The van der Waals surface area contributed by atoms with Gasteiger partial charge in [-0.25, -0.2) is 0 Å². The predicted molar refractivity (Wildman–Crippen MR) is 82.8 cm³/mol. The van der Waals surface area contributed by atoms with E-state index in [1.807, 2.05) is 50.2 Å². The van der Waals surface area contributed by atoms with Gasteiger partial charge in [0.15, 0.2) is 0 Å². The number of halogens is 1. The Labute approximate surface area is 122 Å². The summed E-state index contributed by atoms with van der Waals surface area (Å²) in [5, 5.41) is 4.46. The molecule has 0 amide bonds. The van der Waals surface area contributed by atoms with Crippen LogP contribution in [0.3, 0.4) is 0 Å². The first-order valence-electron chi connectivity index (χ1n) is 6.06. The summed E-state index contributed by atoms with van der Waals surface area (Å²) in [5.74, 6) is 0. The fourth-order valence-corrected chi connectivity index (χ4v) is 2.00. The molecule has 0 radical (unpaired) electrons. The monoisotopic (exact) mass is 318 g/mol. The molecule has 0 bridgehead atoms. The van der Waals surface area contributed by atoms with Gasteiger partial charge in [0, 0.05) is 32.8 Å². The lowest BCUT2D eigenvalue weighted by atomic mass is 10.2. The van der Waals surface area contributed by atoms with Gasteiger partial charge in [0.2, 0.25) is 11.9 Å². The van der Waals surface area contributed by atoms with Crippen LogP contribution in [0.25, 0.3) is 0 Å². The lowest BCUT2D eigenvalue weighted by Gasteiger charge is -2.11. The van der Waals surface area contributed by atoms with Gasteiger partial charge in [0.1, 0.15) is 6.21 Å². The second-order valence-corrected chi connectivity index (χ2v) is 5.37. The van der Waals surface area contributed by atoms with Crippen molar-refractivity contribution in [3.05, 3.63) is 58.3 Å². The zero-order valence-corrected chi connectivity index (χ0v) is 12.9. The van der Waals surface area contributed by atoms with Gasteiger partial charge < -0.3 is 4.90 Å². The highest BCUT2D eigenvalue weighted by atomic mass is 79.9. The van der Waals surface area contributed by atoms with Crippen molar-refractivity contribution in [3.63, 3.8) is 0 Å². The number of anilines is 1. The van der Waals surface area contributed by atoms with Crippen LogP contribution in [0.15, 0.2) is 52.2 Å². The molecular weight excluding hydrogens is 302 g/mol. The maximum absolute atomic E-state index is 4.46. The van der Waals surface area contributed by atoms with Gasteiger partial charge in [-0.05, 0) is 44.8 Å². The first-order valence-corrected chi connectivity index (χ1v) is 6.86. The largest absolute Gasteiger partial charge is 0.378 e. The number of hydrogen-bond donors (Lipinski definition) is 0. The molecule has 0 unspecified atom stereocenters. The van der Waals surface area contributed by atoms with Gasteiger partial charge in [-0.2, -0.15) is 0 Å². The van der Waals surface area contributed by atoms with Gasteiger partial charge in [0.05, 0.1) is 4.47 Å². The van der Waals surface area contributed by atoms with Gasteiger partial charge in [-0.15, -0.1) is 0 Å². The van der Waals surface area contributed by atoms with Crippen molar-refractivity contribution < 1.29 is 4.68 Å². The highest BCUT2D eigenvalue weighted by molar-refractivity contribution is 9.10. The molecule has 0 aliphatic carbocycles. The van der Waals surface area contributed by atoms with Crippen LogP contribution < -0.4 is 9.58 Å². The highest BCUT2D eigenvalue weighted by Gasteiger charge is 2.07. The molecule has 19 heavy (non-hydrogen) atoms. The molecule has 1 aromatic heterocycles. The van der Waals surface area contributed by atoms with Crippen molar-refractivity contribution in [3.8, 4) is 0 Å². The molecule has 0 N–H and O–H groups in total. The van der Waals surface area contributed by atoms with Crippen molar-refractivity contribution in [2.24, 2.45) is 5.10 Å². The molecule has 0 aliphatic heterocycles. The maximum atomic E-state index is 4.46. The highest BCUT2D eigenvalue weighted by Crippen LogP contribution is 2.11. The van der Waals surface area contributed by atoms with E-state index >= 15 is 0 Å². The van der Waals surface area contributed by atoms with Crippen LogP contribution in [-0.4, -0.2) is 20.3 Å². The van der Waals surface area contributed by atoms with E-state index in [0.717, 1.165) is 15.7 Å². The van der Waals surface area contributed by atoms with Crippen LogP contribution in [0, 0.1) is 6.92 Å². The second-order valence-electron chi connectivity index (χ2n) is 4.52. The molecule has 3 nitrogen and oxygen atoms in total. The molecule has 2 aromatic rings. The minimum atomic E-state index is 1.05. The molecular formula is C15H17BrN3+. The molecule has 0 spiro atoms. The number of rotatable bonds is 3. The lowest BCUT2D eigenvalue weighted by molar-refractivity contribution is -0.685. The lowest BCUT2D eigenvalue weighted by Crippen LogP contribution is -2.31. The van der Waals surface area contributed by atoms with E-state index in [1.165, 1.54) is 5.69 Å². The maximum Gasteiger partial charge on any atom is 0.225 e. The third-order valence-corrected chi connectivity index (χ3v) is 3.74. The number of hydrogen-bond acceptors (Lipinski definition) is 2. The smallest absolute Gasteiger partial charge is 0.225 e. The van der Waals surface area contributed by atoms with Gasteiger partial charge >= 0.3 is 0 Å². The van der Waals surface area contributed by atoms with E-state index in [4.69, 9.17) is 0 Å². The average Bonchev–Trinajstić information content (AvgIpc) is 2.41. The van der Waals surface area contributed by atoms with Crippen molar-refractivity contribution in [1.82, 2.24) is 0 Å². The molecule has 2 rings (SSSR count). The third-order valence-electron chi connectivity index (χ3n) is 2.90. The summed E-state index contributed by atoms with van der Waals surface area (Å²) in [7, 11) is 4.06. The van der Waals surface area contributed by atoms with Gasteiger partial charge in [-0.1, -0.05) is 16.8 Å². The predicted octanol–water partition coefficient (Wildman–Crippen LogP) is 2.99. The van der Waals surface area contributed by atoms with Gasteiger partial charge in [-0.3, -0.25) is 0 Å². The van der Waals surface area contributed by atoms with Crippen molar-refractivity contribution in [2.45, 2.75) is 6.92 Å². The Morgan fingerprint density at radius 3 is 2.47 bits per heavy atom. The topological polar surface area (TPSA) is 19.5 Å². The van der Waals surface area contributed by atoms with Crippen molar-refractivity contribution >= 4 is 27.8 Å². The fraction of sp³-hybridized carbons (Fsp3) is 0.200. The minimum Gasteiger partial charge on any atom is -0.378 e. The van der Waals surface area contributed by atoms with E-state index in [-0.39, 0.29) is 0 Å². The number of benzene rings is 1. The fourth-order valence-electron chi connectivity index (χ4n) is 1.66. The third kappa shape index (κ3) is 3.41. The summed E-state index contributed by atoms with van der Waals surface area (Å²) in [5.41, 5.74) is 3.34. The van der Waals surface area contributed by atoms with Gasteiger partial charge in [0.25, 0.3) is 0 Å². The van der Waals surface area contributed by atoms with E-state index in [1.54, 1.807) is 0 Å². The van der Waals surface area contributed by atoms with Crippen molar-refractivity contribution in [1.29, 1.82) is 0 Å². The van der Waals surface area contributed by atoms with E-state index < -0.39 is 0 Å². The summed E-state index contributed by atoms with van der Waals surface area (Å²) in [6.07, 6.45) is 3.80. The summed E-state index contributed by atoms with van der Waals surface area (Å²) in [6, 6.07) is 12.3. The van der Waals surface area contributed by atoms with E-state index in [9.17, 15) is 0 Å². The summed E-state index contributed by atoms with van der Waals surface area (Å²) < 4.78 is 2.90. The molecule has 4 heteroatoms. The molecule has 0 aliphatic rings. The molecule has 0 atom stereocenters. The zero-order valence-electron chi connectivity index (χ0n) is 11.3. The van der Waals surface area contributed by atoms with Crippen LogP contribution in [0.5, 0.6) is 0 Å². The number of aromatic nitrogens is 1. The summed E-state index contributed by atoms with van der Waals surface area (Å²) >= 11 is 3.50. The number of nitrogens with zero attached hydrogens (tertiary/aromatic N) is 3. The van der Waals surface area contributed by atoms with E-state index in [0.29, 0.717) is 0 Å². The van der Waals surface area contributed by atoms with Crippen LogP contribution in [0.1, 0.15) is 11.3 Å².